The quantitative estimate of drug-likeness (QED) is 0.422. The van der Waals surface area contributed by atoms with Crippen molar-refractivity contribution in [2.75, 3.05) is 13.2 Å². The molecule has 0 aliphatic rings. The fourth-order valence-electron chi connectivity index (χ4n) is 1.76. The number of nitrogens with zero attached hydrogens (tertiary/aromatic N) is 1. The van der Waals surface area contributed by atoms with E-state index >= 15 is 0 Å². The number of carbonyl (C=O) groups is 1. The molecule has 0 spiro atoms. The average Bonchev–Trinajstić information content (AvgIpc) is 2.56. The van der Waals surface area contributed by atoms with Crippen molar-refractivity contribution in [2.24, 2.45) is 5.10 Å². The van der Waals surface area contributed by atoms with Gasteiger partial charge in [0.1, 0.15) is 11.5 Å². The van der Waals surface area contributed by atoms with Crippen LogP contribution in [0.1, 0.15) is 12.5 Å². The first-order valence-electron chi connectivity index (χ1n) is 7.11. The number of amides is 1. The normalized spacial score (nSPS) is 10.5. The highest BCUT2D eigenvalue weighted by Gasteiger charge is 2.02. The van der Waals surface area contributed by atoms with Gasteiger partial charge in [0.2, 0.25) is 0 Å². The third kappa shape index (κ3) is 5.90. The molecule has 2 aromatic rings. The van der Waals surface area contributed by atoms with Crippen LogP contribution in [0, 0.1) is 3.57 Å². The molecule has 0 atom stereocenters. The summed E-state index contributed by atoms with van der Waals surface area (Å²) in [6.45, 7) is 2.39. The number of carbonyl (C=O) groups excluding carboxylic acids is 1. The Kier molecular flexibility index (Phi) is 6.86. The Labute approximate surface area is 148 Å². The maximum Gasteiger partial charge on any atom is 0.277 e. The lowest BCUT2D eigenvalue weighted by molar-refractivity contribution is -0.123. The molecule has 0 heterocycles. The third-order valence-electron chi connectivity index (χ3n) is 2.80. The molecule has 0 aromatic heterocycles. The van der Waals surface area contributed by atoms with E-state index in [-0.39, 0.29) is 12.5 Å². The van der Waals surface area contributed by atoms with Gasteiger partial charge in [-0.2, -0.15) is 5.10 Å². The fraction of sp³-hybridized carbons (Fsp3) is 0.176. The highest BCUT2D eigenvalue weighted by molar-refractivity contribution is 14.1. The molecule has 5 nitrogen and oxygen atoms in total. The van der Waals surface area contributed by atoms with Crippen LogP contribution < -0.4 is 14.9 Å². The van der Waals surface area contributed by atoms with Crippen LogP contribution in [0.3, 0.4) is 0 Å². The van der Waals surface area contributed by atoms with Crippen LogP contribution in [0.4, 0.5) is 0 Å². The van der Waals surface area contributed by atoms with Gasteiger partial charge in [-0.15, -0.1) is 0 Å². The summed E-state index contributed by atoms with van der Waals surface area (Å²) in [6.07, 6.45) is 1.55. The Bertz CT molecular complexity index is 672. The van der Waals surface area contributed by atoms with Crippen molar-refractivity contribution in [1.29, 1.82) is 0 Å². The Morgan fingerprint density at radius 2 is 1.91 bits per heavy atom. The smallest absolute Gasteiger partial charge is 0.277 e. The summed E-state index contributed by atoms with van der Waals surface area (Å²) >= 11 is 2.21. The van der Waals surface area contributed by atoms with E-state index in [1.54, 1.807) is 6.21 Å². The molecule has 2 aromatic carbocycles. The summed E-state index contributed by atoms with van der Waals surface area (Å²) in [7, 11) is 0. The summed E-state index contributed by atoms with van der Waals surface area (Å²) in [4.78, 5) is 11.7. The lowest BCUT2D eigenvalue weighted by atomic mass is 10.2. The number of hydrogen-bond donors (Lipinski definition) is 1. The molecule has 0 saturated heterocycles. The molecule has 1 N–H and O–H groups in total. The predicted molar refractivity (Wildman–Crippen MR) is 98.0 cm³/mol. The van der Waals surface area contributed by atoms with Crippen molar-refractivity contribution in [3.63, 3.8) is 0 Å². The molecule has 0 bridgehead atoms. The summed E-state index contributed by atoms with van der Waals surface area (Å²) < 4.78 is 12.0. The van der Waals surface area contributed by atoms with Crippen molar-refractivity contribution in [3.05, 3.63) is 57.7 Å². The van der Waals surface area contributed by atoms with E-state index in [2.05, 4.69) is 33.1 Å². The molecule has 0 saturated carbocycles. The van der Waals surface area contributed by atoms with Crippen molar-refractivity contribution in [2.45, 2.75) is 6.92 Å². The first-order chi connectivity index (χ1) is 11.2. The first-order valence-corrected chi connectivity index (χ1v) is 8.19. The highest BCUT2D eigenvalue weighted by atomic mass is 127. The summed E-state index contributed by atoms with van der Waals surface area (Å²) in [5.74, 6) is 1.04. The molecule has 0 radical (unpaired) electrons. The van der Waals surface area contributed by atoms with Crippen molar-refractivity contribution in [1.82, 2.24) is 5.43 Å². The molecule has 23 heavy (non-hydrogen) atoms. The summed E-state index contributed by atoms with van der Waals surface area (Å²) in [5.41, 5.74) is 3.23. The van der Waals surface area contributed by atoms with Gasteiger partial charge in [0.15, 0.2) is 6.61 Å². The van der Waals surface area contributed by atoms with Crippen LogP contribution in [0.2, 0.25) is 0 Å². The number of nitrogens with one attached hydrogen (secondary N) is 1. The highest BCUT2D eigenvalue weighted by Crippen LogP contribution is 2.15. The monoisotopic (exact) mass is 424 g/mol. The van der Waals surface area contributed by atoms with Gasteiger partial charge < -0.3 is 9.47 Å². The second-order valence-corrected chi connectivity index (χ2v) is 5.75. The first kappa shape index (κ1) is 17.3. The zero-order valence-electron chi connectivity index (χ0n) is 12.7. The minimum Gasteiger partial charge on any atom is -0.493 e. The van der Waals surface area contributed by atoms with Crippen LogP contribution in [0.25, 0.3) is 0 Å². The molecule has 0 fully saturated rings. The van der Waals surface area contributed by atoms with Crippen LogP contribution in [-0.4, -0.2) is 25.3 Å². The number of ether oxygens (including phenoxy) is 2. The summed E-state index contributed by atoms with van der Waals surface area (Å²) in [5, 5.41) is 3.93. The Morgan fingerprint density at radius 1 is 1.17 bits per heavy atom. The van der Waals surface area contributed by atoms with Gasteiger partial charge in [-0.1, -0.05) is 12.1 Å². The number of hydrazone groups is 1. The van der Waals surface area contributed by atoms with E-state index in [0.717, 1.165) is 14.9 Å². The van der Waals surface area contributed by atoms with Gasteiger partial charge in [-0.25, -0.2) is 5.43 Å². The van der Waals surface area contributed by atoms with Crippen molar-refractivity contribution in [3.8, 4) is 11.5 Å². The maximum atomic E-state index is 11.7. The van der Waals surface area contributed by atoms with Crippen LogP contribution in [0.15, 0.2) is 53.6 Å². The van der Waals surface area contributed by atoms with Crippen LogP contribution in [-0.2, 0) is 4.79 Å². The zero-order valence-corrected chi connectivity index (χ0v) is 14.8. The number of para-hydroxylation sites is 1. The van der Waals surface area contributed by atoms with E-state index in [0.29, 0.717) is 12.4 Å². The van der Waals surface area contributed by atoms with Gasteiger partial charge in [-0.05, 0) is 65.9 Å². The topological polar surface area (TPSA) is 59.9 Å². The molecule has 120 valence electrons. The molecule has 1 amide bonds. The van der Waals surface area contributed by atoms with E-state index in [1.165, 1.54) is 0 Å². The number of halogens is 1. The SMILES string of the molecule is CCOc1ccccc1/C=N/NC(=O)COc1ccc(I)cc1. The average molecular weight is 424 g/mol. The number of rotatable bonds is 7. The maximum absolute atomic E-state index is 11.7. The lowest BCUT2D eigenvalue weighted by Crippen LogP contribution is -2.24. The van der Waals surface area contributed by atoms with Crippen molar-refractivity contribution >= 4 is 34.7 Å². The Hall–Kier alpha value is -2.09. The van der Waals surface area contributed by atoms with Crippen molar-refractivity contribution < 1.29 is 14.3 Å². The minimum absolute atomic E-state index is 0.0922. The zero-order chi connectivity index (χ0) is 16.5. The van der Waals surface area contributed by atoms with Gasteiger partial charge in [0, 0.05) is 9.13 Å². The summed E-state index contributed by atoms with van der Waals surface area (Å²) in [6, 6.07) is 14.9. The molecule has 0 aliphatic heterocycles. The van der Waals surface area contributed by atoms with E-state index < -0.39 is 0 Å². The second kappa shape index (κ2) is 9.14. The molecule has 0 unspecified atom stereocenters. The number of hydrogen-bond acceptors (Lipinski definition) is 4. The second-order valence-electron chi connectivity index (χ2n) is 4.51. The van der Waals surface area contributed by atoms with Gasteiger partial charge >= 0.3 is 0 Å². The van der Waals surface area contributed by atoms with Crippen LogP contribution >= 0.6 is 22.6 Å². The third-order valence-corrected chi connectivity index (χ3v) is 3.51. The molecule has 2 rings (SSSR count). The van der Waals surface area contributed by atoms with Gasteiger partial charge in [0.05, 0.1) is 12.8 Å². The van der Waals surface area contributed by atoms with E-state index in [4.69, 9.17) is 9.47 Å². The fourth-order valence-corrected chi connectivity index (χ4v) is 2.12. The lowest BCUT2D eigenvalue weighted by Gasteiger charge is -2.06. The van der Waals surface area contributed by atoms with Gasteiger partial charge in [-0.3, -0.25) is 4.79 Å². The molecular weight excluding hydrogens is 407 g/mol. The largest absolute Gasteiger partial charge is 0.493 e. The number of benzene rings is 2. The van der Waals surface area contributed by atoms with E-state index in [9.17, 15) is 4.79 Å². The minimum atomic E-state index is -0.325. The standard InChI is InChI=1S/C17H17IN2O3/c1-2-22-16-6-4-3-5-13(16)11-19-20-17(21)12-23-15-9-7-14(18)8-10-15/h3-11H,2,12H2,1H3,(H,20,21)/b19-11+. The molecule has 0 aliphatic carbocycles. The van der Waals surface area contributed by atoms with Crippen LogP contribution in [0.5, 0.6) is 11.5 Å². The Balaban J connectivity index is 1.83. The predicted octanol–water partition coefficient (Wildman–Crippen LogP) is 3.22. The Morgan fingerprint density at radius 3 is 2.65 bits per heavy atom. The molecular formula is C17H17IN2O3. The van der Waals surface area contributed by atoms with Gasteiger partial charge in [0.25, 0.3) is 5.91 Å². The van der Waals surface area contributed by atoms with E-state index in [1.807, 2.05) is 55.5 Å². The molecule has 6 heteroatoms.